The molecule has 1 aromatic heterocycles. The van der Waals surface area contributed by atoms with Gasteiger partial charge in [0.05, 0.1) is 11.7 Å². The molecule has 132 valence electrons. The van der Waals surface area contributed by atoms with Gasteiger partial charge in [-0.25, -0.2) is 0 Å². The first kappa shape index (κ1) is 15.9. The average molecular weight is 364 g/mol. The van der Waals surface area contributed by atoms with Gasteiger partial charge in [-0.2, -0.15) is 8.75 Å². The second-order valence-electron chi connectivity index (χ2n) is 7.15. The van der Waals surface area contributed by atoms with Crippen LogP contribution in [0.4, 0.5) is 0 Å². The van der Waals surface area contributed by atoms with Crippen LogP contribution in [-0.4, -0.2) is 50.1 Å². The van der Waals surface area contributed by atoms with Crippen LogP contribution in [0.1, 0.15) is 27.9 Å². The lowest BCUT2D eigenvalue weighted by atomic mass is 9.98. The second-order valence-corrected chi connectivity index (χ2v) is 7.68. The topological polar surface area (TPSA) is 49.3 Å². The Morgan fingerprint density at radius 3 is 2.81 bits per heavy atom. The normalized spacial score (nSPS) is 20.5. The Morgan fingerprint density at radius 2 is 1.88 bits per heavy atom. The Balaban J connectivity index is 1.29. The molecule has 1 amide bonds. The van der Waals surface area contributed by atoms with Crippen molar-refractivity contribution in [1.29, 1.82) is 0 Å². The molecule has 0 radical (unpaired) electrons. The number of nitrogens with zero attached hydrogens (tertiary/aromatic N) is 4. The minimum Gasteiger partial charge on any atom is -0.337 e. The quantitative estimate of drug-likeness (QED) is 0.701. The summed E-state index contributed by atoms with van der Waals surface area (Å²) in [7, 11) is 0. The molecule has 5 nitrogen and oxygen atoms in total. The van der Waals surface area contributed by atoms with Gasteiger partial charge in [0.1, 0.15) is 11.0 Å². The second kappa shape index (κ2) is 6.45. The summed E-state index contributed by atoms with van der Waals surface area (Å²) in [5.41, 5.74) is 5.29. The van der Waals surface area contributed by atoms with Crippen molar-refractivity contribution in [3.63, 3.8) is 0 Å². The maximum atomic E-state index is 12.9. The minimum absolute atomic E-state index is 0.111. The molecule has 6 heteroatoms. The molecule has 0 saturated carbocycles. The Bertz CT molecular complexity index is 969. The molecule has 2 aliphatic rings. The van der Waals surface area contributed by atoms with Gasteiger partial charge in [-0.15, -0.1) is 0 Å². The van der Waals surface area contributed by atoms with Crippen molar-refractivity contribution in [1.82, 2.24) is 18.5 Å². The van der Waals surface area contributed by atoms with E-state index in [0.717, 1.165) is 55.6 Å². The summed E-state index contributed by atoms with van der Waals surface area (Å²) < 4.78 is 8.46. The summed E-state index contributed by atoms with van der Waals surface area (Å²) in [6, 6.07) is 14.8. The summed E-state index contributed by atoms with van der Waals surface area (Å²) in [5, 5.41) is 0. The highest BCUT2D eigenvalue weighted by Crippen LogP contribution is 2.25. The lowest BCUT2D eigenvalue weighted by molar-refractivity contribution is 0.0773. The predicted molar refractivity (Wildman–Crippen MR) is 102 cm³/mol. The molecule has 26 heavy (non-hydrogen) atoms. The molecule has 0 unspecified atom stereocenters. The molecule has 3 heterocycles. The number of benzene rings is 2. The van der Waals surface area contributed by atoms with Gasteiger partial charge in [0.15, 0.2) is 0 Å². The lowest BCUT2D eigenvalue weighted by Crippen LogP contribution is -2.41. The maximum Gasteiger partial charge on any atom is 0.253 e. The van der Waals surface area contributed by atoms with Gasteiger partial charge in [-0.05, 0) is 42.2 Å². The van der Waals surface area contributed by atoms with Gasteiger partial charge in [0, 0.05) is 37.8 Å². The molecule has 1 fully saturated rings. The van der Waals surface area contributed by atoms with Gasteiger partial charge in [0.2, 0.25) is 0 Å². The van der Waals surface area contributed by atoms with Crippen LogP contribution in [0.5, 0.6) is 0 Å². The molecule has 1 saturated heterocycles. The first-order valence-corrected chi connectivity index (χ1v) is 9.83. The smallest absolute Gasteiger partial charge is 0.253 e. The highest BCUT2D eigenvalue weighted by Gasteiger charge is 2.32. The van der Waals surface area contributed by atoms with Crippen LogP contribution in [0.25, 0.3) is 11.0 Å². The van der Waals surface area contributed by atoms with E-state index < -0.39 is 0 Å². The summed E-state index contributed by atoms with van der Waals surface area (Å²) in [5.74, 6) is 0.111. The Morgan fingerprint density at radius 1 is 1.04 bits per heavy atom. The van der Waals surface area contributed by atoms with E-state index in [4.69, 9.17) is 0 Å². The molecule has 3 aromatic rings. The van der Waals surface area contributed by atoms with Crippen molar-refractivity contribution in [3.8, 4) is 0 Å². The first-order chi connectivity index (χ1) is 12.8. The molecule has 0 spiro atoms. The third-order valence-corrected chi connectivity index (χ3v) is 6.18. The van der Waals surface area contributed by atoms with E-state index in [1.165, 1.54) is 22.9 Å². The predicted octanol–water partition coefficient (Wildman–Crippen LogP) is 2.96. The summed E-state index contributed by atoms with van der Waals surface area (Å²) in [6.07, 6.45) is 2.16. The molecule has 0 bridgehead atoms. The average Bonchev–Trinajstić information content (AvgIpc) is 3.36. The maximum absolute atomic E-state index is 12.9. The van der Waals surface area contributed by atoms with Crippen LogP contribution in [0.3, 0.4) is 0 Å². The van der Waals surface area contributed by atoms with E-state index >= 15 is 0 Å². The molecule has 0 N–H and O–H groups in total. The van der Waals surface area contributed by atoms with Crippen LogP contribution in [0.2, 0.25) is 0 Å². The van der Waals surface area contributed by atoms with Crippen LogP contribution in [0, 0.1) is 0 Å². The number of rotatable bonds is 2. The Hall–Kier alpha value is -2.31. The zero-order valence-corrected chi connectivity index (χ0v) is 15.3. The van der Waals surface area contributed by atoms with Crippen molar-refractivity contribution < 1.29 is 4.79 Å². The van der Waals surface area contributed by atoms with E-state index in [1.54, 1.807) is 0 Å². The van der Waals surface area contributed by atoms with Crippen molar-refractivity contribution >= 4 is 28.7 Å². The lowest BCUT2D eigenvalue weighted by Gasteiger charge is -2.33. The molecule has 2 aliphatic heterocycles. The Labute approximate surface area is 156 Å². The van der Waals surface area contributed by atoms with E-state index in [-0.39, 0.29) is 5.91 Å². The number of carbonyl (C=O) groups is 1. The van der Waals surface area contributed by atoms with Gasteiger partial charge in [-0.3, -0.25) is 9.69 Å². The van der Waals surface area contributed by atoms with Gasteiger partial charge in [0.25, 0.3) is 5.91 Å². The van der Waals surface area contributed by atoms with Crippen LogP contribution >= 0.6 is 11.7 Å². The number of aromatic nitrogens is 2. The summed E-state index contributed by atoms with van der Waals surface area (Å²) in [4.78, 5) is 17.4. The number of amides is 1. The van der Waals surface area contributed by atoms with Crippen molar-refractivity contribution in [2.75, 3.05) is 19.6 Å². The van der Waals surface area contributed by atoms with Crippen LogP contribution in [0.15, 0.2) is 42.5 Å². The van der Waals surface area contributed by atoms with E-state index in [9.17, 15) is 4.79 Å². The van der Waals surface area contributed by atoms with E-state index in [2.05, 4.69) is 37.9 Å². The van der Waals surface area contributed by atoms with E-state index in [1.807, 2.05) is 23.1 Å². The number of likely N-dealkylation sites (tertiary alicyclic amines) is 1. The first-order valence-electron chi connectivity index (χ1n) is 9.10. The molecular formula is C20H20N4OS. The highest BCUT2D eigenvalue weighted by atomic mass is 32.1. The number of hydrogen-bond donors (Lipinski definition) is 0. The number of fused-ring (bicyclic) bond motifs is 2. The molecule has 0 aliphatic carbocycles. The fourth-order valence-electron chi connectivity index (χ4n) is 4.15. The summed E-state index contributed by atoms with van der Waals surface area (Å²) >= 11 is 1.19. The molecule has 2 aromatic carbocycles. The molecule has 5 rings (SSSR count). The SMILES string of the molecule is O=C(c1ccc2nsnc2c1)N1CC[C@H](N2CCc3ccccc3C2)C1. The highest BCUT2D eigenvalue weighted by molar-refractivity contribution is 7.00. The third-order valence-electron chi connectivity index (χ3n) is 5.63. The number of carbonyl (C=O) groups excluding carboxylic acids is 1. The monoisotopic (exact) mass is 364 g/mol. The van der Waals surface area contributed by atoms with Crippen molar-refractivity contribution in [2.24, 2.45) is 0 Å². The minimum atomic E-state index is 0.111. The third kappa shape index (κ3) is 2.79. The van der Waals surface area contributed by atoms with Crippen molar-refractivity contribution in [3.05, 3.63) is 59.2 Å². The Kier molecular flexibility index (Phi) is 3.94. The zero-order chi connectivity index (χ0) is 17.5. The van der Waals surface area contributed by atoms with Crippen LogP contribution < -0.4 is 0 Å². The van der Waals surface area contributed by atoms with Gasteiger partial charge < -0.3 is 4.90 Å². The zero-order valence-electron chi connectivity index (χ0n) is 14.5. The molecule has 1 atom stereocenters. The van der Waals surface area contributed by atoms with Gasteiger partial charge in [-0.1, -0.05) is 24.3 Å². The standard InChI is InChI=1S/C20H20N4OS/c25-20(15-5-6-18-19(11-15)22-26-21-18)24-10-8-17(13-24)23-9-7-14-3-1-2-4-16(14)12-23/h1-6,11,17H,7-10,12-13H2/t17-/m0/s1. The van der Waals surface area contributed by atoms with Crippen molar-refractivity contribution in [2.45, 2.75) is 25.4 Å². The molecular weight excluding hydrogens is 344 g/mol. The number of hydrogen-bond acceptors (Lipinski definition) is 5. The summed E-state index contributed by atoms with van der Waals surface area (Å²) in [6.45, 7) is 3.73. The fourth-order valence-corrected chi connectivity index (χ4v) is 4.67. The fraction of sp³-hybridized carbons (Fsp3) is 0.350. The van der Waals surface area contributed by atoms with Gasteiger partial charge >= 0.3 is 0 Å². The van der Waals surface area contributed by atoms with E-state index in [0.29, 0.717) is 6.04 Å². The largest absolute Gasteiger partial charge is 0.337 e. The van der Waals surface area contributed by atoms with Crippen LogP contribution in [-0.2, 0) is 13.0 Å².